The van der Waals surface area contributed by atoms with Crippen molar-refractivity contribution in [1.29, 1.82) is 0 Å². The summed E-state index contributed by atoms with van der Waals surface area (Å²) in [6.07, 6.45) is 3.29. The van der Waals surface area contributed by atoms with E-state index in [0.717, 1.165) is 27.8 Å². The van der Waals surface area contributed by atoms with Gasteiger partial charge in [-0.3, -0.25) is 0 Å². The number of hydrogen-bond acceptors (Lipinski definition) is 5. The highest BCUT2D eigenvalue weighted by Crippen LogP contribution is 2.41. The Hall–Kier alpha value is -4.81. The zero-order valence-corrected chi connectivity index (χ0v) is 26.1. The van der Waals surface area contributed by atoms with E-state index in [4.69, 9.17) is 18.9 Å². The van der Waals surface area contributed by atoms with E-state index in [0.29, 0.717) is 19.6 Å². The number of methoxy groups -OCH3 is 1. The number of benzene rings is 5. The Bertz CT molecular complexity index is 1510. The molecular weight excluding hydrogens is 572 g/mol. The van der Waals surface area contributed by atoms with Crippen LogP contribution in [-0.2, 0) is 35.9 Å². The quantitative estimate of drug-likeness (QED) is 0.0368. The van der Waals surface area contributed by atoms with E-state index in [1.54, 1.807) is 6.08 Å². The number of esters is 1. The predicted molar refractivity (Wildman–Crippen MR) is 181 cm³/mol. The first-order chi connectivity index (χ1) is 22.7. The molecule has 0 N–H and O–H groups in total. The van der Waals surface area contributed by atoms with Gasteiger partial charge < -0.3 is 18.9 Å². The lowest BCUT2D eigenvalue weighted by Crippen LogP contribution is -2.34. The predicted octanol–water partition coefficient (Wildman–Crippen LogP) is 8.46. The third-order valence-corrected chi connectivity index (χ3v) is 7.99. The maximum absolute atomic E-state index is 12.2. The van der Waals surface area contributed by atoms with Gasteiger partial charge in [0.05, 0.1) is 19.8 Å². The van der Waals surface area contributed by atoms with E-state index >= 15 is 0 Å². The average Bonchev–Trinajstić information content (AvgIpc) is 3.13. The number of rotatable bonds is 16. The van der Waals surface area contributed by atoms with Crippen LogP contribution in [0.25, 0.3) is 0 Å². The van der Waals surface area contributed by atoms with Crippen LogP contribution >= 0.6 is 0 Å². The van der Waals surface area contributed by atoms with Gasteiger partial charge in [-0.05, 0) is 40.3 Å². The Morgan fingerprint density at radius 1 is 0.674 bits per heavy atom. The van der Waals surface area contributed by atoms with Crippen molar-refractivity contribution in [2.75, 3.05) is 20.5 Å². The first-order valence-corrected chi connectivity index (χ1v) is 15.6. The summed E-state index contributed by atoms with van der Waals surface area (Å²) in [5, 5.41) is 0. The molecule has 2 atom stereocenters. The van der Waals surface area contributed by atoms with Gasteiger partial charge in [-0.15, -0.1) is 0 Å². The Morgan fingerprint density at radius 3 is 1.65 bits per heavy atom. The van der Waals surface area contributed by atoms with Crippen molar-refractivity contribution in [1.82, 2.24) is 0 Å². The summed E-state index contributed by atoms with van der Waals surface area (Å²) < 4.78 is 24.3. The normalized spacial score (nSPS) is 12.9. The molecule has 5 heteroatoms. The highest BCUT2D eigenvalue weighted by molar-refractivity contribution is 5.81. The van der Waals surface area contributed by atoms with Crippen LogP contribution in [0.5, 0.6) is 0 Å². The molecule has 46 heavy (non-hydrogen) atoms. The first kappa shape index (κ1) is 32.6. The van der Waals surface area contributed by atoms with E-state index in [2.05, 4.69) is 48.5 Å². The van der Waals surface area contributed by atoms with Crippen molar-refractivity contribution in [3.05, 3.63) is 192 Å². The smallest absolute Gasteiger partial charge is 0.330 e. The van der Waals surface area contributed by atoms with Crippen molar-refractivity contribution in [2.45, 2.75) is 30.7 Å². The Kier molecular flexibility index (Phi) is 12.1. The third-order valence-electron chi connectivity index (χ3n) is 7.99. The molecule has 5 rings (SSSR count). The fraction of sp³-hybridized carbons (Fsp3) is 0.195. The molecule has 0 unspecified atom stereocenters. The standard InChI is InChI=1S/C41H40O5/c1-43-40(42)28-27-39(45-32-44-31-33-17-7-2-8-18-33)38(34-19-9-3-10-20-34)29-30-46-41(35-21-11-4-12-22-35,36-23-13-5-14-24-36)37-25-15-6-16-26-37/h2-28,38-39H,29-32H2,1H3/b28-27+/t38-,39-/m1/s1. The lowest BCUT2D eigenvalue weighted by molar-refractivity contribution is -0.135. The van der Waals surface area contributed by atoms with Crippen LogP contribution in [0.3, 0.4) is 0 Å². The van der Waals surface area contributed by atoms with Gasteiger partial charge in [-0.1, -0.05) is 152 Å². The van der Waals surface area contributed by atoms with Gasteiger partial charge >= 0.3 is 5.97 Å². The molecule has 0 aliphatic rings. The summed E-state index contributed by atoms with van der Waals surface area (Å²) in [7, 11) is 1.37. The molecule has 5 aromatic rings. The van der Waals surface area contributed by atoms with Crippen LogP contribution in [0.4, 0.5) is 0 Å². The minimum atomic E-state index is -0.845. The molecule has 0 fully saturated rings. The Balaban J connectivity index is 1.44. The van der Waals surface area contributed by atoms with Gasteiger partial charge in [0, 0.05) is 18.6 Å². The van der Waals surface area contributed by atoms with Crippen LogP contribution in [0.2, 0.25) is 0 Å². The summed E-state index contributed by atoms with van der Waals surface area (Å²) in [6, 6.07) is 51.1. The molecule has 0 spiro atoms. The van der Waals surface area contributed by atoms with Crippen molar-refractivity contribution in [2.24, 2.45) is 0 Å². The van der Waals surface area contributed by atoms with E-state index in [9.17, 15) is 4.79 Å². The Morgan fingerprint density at radius 2 is 1.15 bits per heavy atom. The van der Waals surface area contributed by atoms with E-state index in [1.807, 2.05) is 103 Å². The second-order valence-electron chi connectivity index (χ2n) is 10.9. The molecule has 0 saturated carbocycles. The maximum atomic E-state index is 12.2. The van der Waals surface area contributed by atoms with Crippen molar-refractivity contribution >= 4 is 5.97 Å². The van der Waals surface area contributed by atoms with Crippen LogP contribution in [0.1, 0.15) is 40.2 Å². The van der Waals surface area contributed by atoms with E-state index < -0.39 is 17.7 Å². The van der Waals surface area contributed by atoms with Crippen molar-refractivity contribution < 1.29 is 23.7 Å². The average molecular weight is 613 g/mol. The summed E-state index contributed by atoms with van der Waals surface area (Å²) >= 11 is 0. The maximum Gasteiger partial charge on any atom is 0.330 e. The van der Waals surface area contributed by atoms with Gasteiger partial charge in [0.2, 0.25) is 0 Å². The minimum absolute atomic E-state index is 0.0528. The molecule has 0 saturated heterocycles. The first-order valence-electron chi connectivity index (χ1n) is 15.6. The van der Waals surface area contributed by atoms with Gasteiger partial charge in [0.1, 0.15) is 12.4 Å². The van der Waals surface area contributed by atoms with Gasteiger partial charge in [0.25, 0.3) is 0 Å². The summed E-state index contributed by atoms with van der Waals surface area (Å²) in [5.41, 5.74) is 4.39. The van der Waals surface area contributed by atoms with E-state index in [-0.39, 0.29) is 12.7 Å². The zero-order chi connectivity index (χ0) is 31.9. The fourth-order valence-corrected chi connectivity index (χ4v) is 5.74. The van der Waals surface area contributed by atoms with Crippen LogP contribution in [-0.4, -0.2) is 32.6 Å². The largest absolute Gasteiger partial charge is 0.466 e. The molecule has 5 aromatic carbocycles. The number of ether oxygens (including phenoxy) is 4. The molecule has 5 nitrogen and oxygen atoms in total. The number of carbonyl (C=O) groups excluding carboxylic acids is 1. The molecule has 0 bridgehead atoms. The second-order valence-corrected chi connectivity index (χ2v) is 10.9. The van der Waals surface area contributed by atoms with Crippen molar-refractivity contribution in [3.63, 3.8) is 0 Å². The van der Waals surface area contributed by atoms with E-state index in [1.165, 1.54) is 13.2 Å². The number of carbonyl (C=O) groups is 1. The molecule has 0 aliphatic carbocycles. The second kappa shape index (κ2) is 17.0. The lowest BCUT2D eigenvalue weighted by atomic mass is 9.80. The summed E-state index contributed by atoms with van der Waals surface area (Å²) in [4.78, 5) is 12.2. The van der Waals surface area contributed by atoms with Gasteiger partial charge in [0.15, 0.2) is 0 Å². The number of hydrogen-bond donors (Lipinski definition) is 0. The molecule has 0 heterocycles. The van der Waals surface area contributed by atoms with Crippen LogP contribution in [0, 0.1) is 0 Å². The monoisotopic (exact) mass is 612 g/mol. The van der Waals surface area contributed by atoms with Crippen molar-refractivity contribution in [3.8, 4) is 0 Å². The van der Waals surface area contributed by atoms with Gasteiger partial charge in [-0.2, -0.15) is 0 Å². The van der Waals surface area contributed by atoms with Crippen LogP contribution < -0.4 is 0 Å². The molecular formula is C41H40O5. The molecule has 0 radical (unpaired) electrons. The third kappa shape index (κ3) is 8.46. The molecule has 0 amide bonds. The summed E-state index contributed by atoms with van der Waals surface area (Å²) in [5.74, 6) is -0.597. The fourth-order valence-electron chi connectivity index (χ4n) is 5.74. The highest BCUT2D eigenvalue weighted by atomic mass is 16.7. The summed E-state index contributed by atoms with van der Waals surface area (Å²) in [6.45, 7) is 0.868. The zero-order valence-electron chi connectivity index (χ0n) is 26.1. The SMILES string of the molecule is COC(=O)/C=C/[C@@H](OCOCc1ccccc1)[C@H](CCOC(c1ccccc1)(c1ccccc1)c1ccccc1)c1ccccc1. The molecule has 0 aromatic heterocycles. The topological polar surface area (TPSA) is 54.0 Å². The van der Waals surface area contributed by atoms with Crippen LogP contribution in [0.15, 0.2) is 164 Å². The minimum Gasteiger partial charge on any atom is -0.466 e. The highest BCUT2D eigenvalue weighted by Gasteiger charge is 2.38. The Labute approximate surface area is 272 Å². The molecule has 234 valence electrons. The van der Waals surface area contributed by atoms with Gasteiger partial charge in [-0.25, -0.2) is 4.79 Å². The lowest BCUT2D eigenvalue weighted by Gasteiger charge is -2.37. The molecule has 0 aliphatic heterocycles.